The molecule has 2 bridgehead atoms. The number of fused-ring (bicyclic) bond motifs is 2. The molecule has 0 radical (unpaired) electrons. The molecule has 110 valence electrons. The number of rotatable bonds is 3. The van der Waals surface area contributed by atoms with E-state index < -0.39 is 0 Å². The Morgan fingerprint density at radius 3 is 3.05 bits per heavy atom. The quantitative estimate of drug-likeness (QED) is 0.938. The third kappa shape index (κ3) is 2.42. The Morgan fingerprint density at radius 2 is 2.19 bits per heavy atom. The van der Waals surface area contributed by atoms with E-state index in [2.05, 4.69) is 39.5 Å². The molecule has 1 N–H and O–H groups in total. The van der Waals surface area contributed by atoms with E-state index in [0.717, 1.165) is 11.5 Å². The van der Waals surface area contributed by atoms with Crippen molar-refractivity contribution >= 4 is 5.69 Å². The molecule has 0 aliphatic carbocycles. The fourth-order valence-corrected chi connectivity index (χ4v) is 3.55. The molecular weight excluding hydrogens is 264 g/mol. The van der Waals surface area contributed by atoms with Gasteiger partial charge in [-0.25, -0.2) is 0 Å². The van der Waals surface area contributed by atoms with Gasteiger partial charge in [0.05, 0.1) is 0 Å². The summed E-state index contributed by atoms with van der Waals surface area (Å²) in [5.41, 5.74) is 3.43. The second-order valence-corrected chi connectivity index (χ2v) is 6.16. The molecule has 2 saturated heterocycles. The van der Waals surface area contributed by atoms with Crippen molar-refractivity contribution in [3.63, 3.8) is 0 Å². The normalized spacial score (nSPS) is 27.8. The van der Waals surface area contributed by atoms with Crippen LogP contribution in [-0.4, -0.2) is 40.8 Å². The van der Waals surface area contributed by atoms with Gasteiger partial charge in [0, 0.05) is 30.4 Å². The minimum Gasteiger partial charge on any atom is -0.423 e. The third-order valence-corrected chi connectivity index (χ3v) is 4.82. The summed E-state index contributed by atoms with van der Waals surface area (Å²) in [7, 11) is 0. The van der Waals surface area contributed by atoms with Gasteiger partial charge in [-0.3, -0.25) is 0 Å². The molecule has 3 heterocycles. The molecule has 3 unspecified atom stereocenters. The molecule has 0 saturated carbocycles. The summed E-state index contributed by atoms with van der Waals surface area (Å²) in [6.45, 7) is 5.88. The molecule has 21 heavy (non-hydrogen) atoms. The molecule has 2 aliphatic heterocycles. The SMILES string of the molecule is Cc1ccc(-c2nnco2)cc1NC1CCN2CCC1C2. The summed E-state index contributed by atoms with van der Waals surface area (Å²) in [5.74, 6) is 1.36. The van der Waals surface area contributed by atoms with E-state index in [4.69, 9.17) is 4.42 Å². The number of aryl methyl sites for hydroxylation is 1. The predicted molar refractivity (Wildman–Crippen MR) is 81.0 cm³/mol. The second-order valence-electron chi connectivity index (χ2n) is 6.16. The summed E-state index contributed by atoms with van der Waals surface area (Å²) in [6.07, 6.45) is 3.92. The number of anilines is 1. The number of aromatic nitrogens is 2. The Balaban J connectivity index is 1.58. The van der Waals surface area contributed by atoms with Crippen LogP contribution >= 0.6 is 0 Å². The van der Waals surface area contributed by atoms with E-state index in [1.807, 2.05) is 6.07 Å². The smallest absolute Gasteiger partial charge is 0.247 e. The highest BCUT2D eigenvalue weighted by atomic mass is 16.4. The zero-order chi connectivity index (χ0) is 14.2. The Morgan fingerprint density at radius 1 is 1.29 bits per heavy atom. The van der Waals surface area contributed by atoms with Crippen LogP contribution in [0.2, 0.25) is 0 Å². The van der Waals surface area contributed by atoms with E-state index in [-0.39, 0.29) is 0 Å². The van der Waals surface area contributed by atoms with Crippen molar-refractivity contribution in [2.75, 3.05) is 25.0 Å². The van der Waals surface area contributed by atoms with Gasteiger partial charge in [-0.15, -0.1) is 10.2 Å². The van der Waals surface area contributed by atoms with Crippen molar-refractivity contribution in [1.29, 1.82) is 0 Å². The molecule has 3 atom stereocenters. The van der Waals surface area contributed by atoms with Crippen molar-refractivity contribution in [1.82, 2.24) is 15.1 Å². The first-order chi connectivity index (χ1) is 10.3. The summed E-state index contributed by atoms with van der Waals surface area (Å²) in [6, 6.07) is 6.86. The highest BCUT2D eigenvalue weighted by molar-refractivity contribution is 5.64. The Kier molecular flexibility index (Phi) is 3.15. The predicted octanol–water partition coefficient (Wildman–Crippen LogP) is 2.55. The number of hydrogen-bond donors (Lipinski definition) is 1. The summed E-state index contributed by atoms with van der Waals surface area (Å²) >= 11 is 0. The topological polar surface area (TPSA) is 54.2 Å². The lowest BCUT2D eigenvalue weighted by molar-refractivity contribution is 0.255. The van der Waals surface area contributed by atoms with Gasteiger partial charge < -0.3 is 14.6 Å². The van der Waals surface area contributed by atoms with Gasteiger partial charge in [-0.2, -0.15) is 0 Å². The Bertz CT molecular complexity index is 625. The van der Waals surface area contributed by atoms with Gasteiger partial charge >= 0.3 is 0 Å². The maximum Gasteiger partial charge on any atom is 0.247 e. The van der Waals surface area contributed by atoms with E-state index >= 15 is 0 Å². The Hall–Kier alpha value is -1.88. The van der Waals surface area contributed by atoms with E-state index in [1.165, 1.54) is 50.1 Å². The fraction of sp³-hybridized carbons (Fsp3) is 0.500. The number of nitrogens with zero attached hydrogens (tertiary/aromatic N) is 3. The average molecular weight is 284 g/mol. The van der Waals surface area contributed by atoms with Crippen LogP contribution in [0.5, 0.6) is 0 Å². The zero-order valence-corrected chi connectivity index (χ0v) is 12.2. The molecule has 2 aliphatic rings. The highest BCUT2D eigenvalue weighted by Gasteiger charge is 2.34. The lowest BCUT2D eigenvalue weighted by atomic mass is 9.93. The first-order valence-corrected chi connectivity index (χ1v) is 7.66. The molecule has 5 heteroatoms. The van der Waals surface area contributed by atoms with Gasteiger partial charge in [0.25, 0.3) is 0 Å². The van der Waals surface area contributed by atoms with Gasteiger partial charge in [-0.05, 0) is 49.9 Å². The van der Waals surface area contributed by atoms with Crippen molar-refractivity contribution in [2.24, 2.45) is 5.92 Å². The van der Waals surface area contributed by atoms with Crippen molar-refractivity contribution < 1.29 is 4.42 Å². The lowest BCUT2D eigenvalue weighted by Crippen LogP contribution is -2.39. The highest BCUT2D eigenvalue weighted by Crippen LogP contribution is 2.31. The average Bonchev–Trinajstić information content (AvgIpc) is 3.14. The van der Waals surface area contributed by atoms with Crippen LogP contribution in [0.4, 0.5) is 5.69 Å². The minimum absolute atomic E-state index is 0.578. The van der Waals surface area contributed by atoms with Crippen LogP contribution in [-0.2, 0) is 0 Å². The molecule has 0 amide bonds. The van der Waals surface area contributed by atoms with Crippen LogP contribution in [0, 0.1) is 12.8 Å². The largest absolute Gasteiger partial charge is 0.423 e. The van der Waals surface area contributed by atoms with Gasteiger partial charge in [-0.1, -0.05) is 6.07 Å². The summed E-state index contributed by atoms with van der Waals surface area (Å²) < 4.78 is 5.30. The lowest BCUT2D eigenvalue weighted by Gasteiger charge is -2.32. The van der Waals surface area contributed by atoms with E-state index in [1.54, 1.807) is 0 Å². The molecule has 2 fully saturated rings. The second kappa shape index (κ2) is 5.15. The molecule has 0 spiro atoms. The summed E-state index contributed by atoms with van der Waals surface area (Å²) in [4.78, 5) is 2.57. The fourth-order valence-electron chi connectivity index (χ4n) is 3.55. The number of hydrogen-bond acceptors (Lipinski definition) is 5. The zero-order valence-electron chi connectivity index (χ0n) is 12.2. The third-order valence-electron chi connectivity index (χ3n) is 4.82. The minimum atomic E-state index is 0.578. The number of piperidine rings is 1. The number of benzene rings is 1. The van der Waals surface area contributed by atoms with Gasteiger partial charge in [0.1, 0.15) is 0 Å². The Labute approximate surface area is 124 Å². The van der Waals surface area contributed by atoms with E-state index in [0.29, 0.717) is 11.9 Å². The van der Waals surface area contributed by atoms with Crippen molar-refractivity contribution in [3.8, 4) is 11.5 Å². The van der Waals surface area contributed by atoms with Crippen molar-refractivity contribution in [3.05, 3.63) is 30.2 Å². The van der Waals surface area contributed by atoms with Gasteiger partial charge in [0.15, 0.2) is 0 Å². The first-order valence-electron chi connectivity index (χ1n) is 7.66. The van der Waals surface area contributed by atoms with Crippen LogP contribution < -0.4 is 5.32 Å². The monoisotopic (exact) mass is 284 g/mol. The molecule has 1 aromatic heterocycles. The maximum absolute atomic E-state index is 5.30. The molecule has 2 aromatic rings. The summed E-state index contributed by atoms with van der Waals surface area (Å²) in [5, 5.41) is 11.5. The molecule has 4 rings (SSSR count). The van der Waals surface area contributed by atoms with Gasteiger partial charge in [0.2, 0.25) is 12.3 Å². The van der Waals surface area contributed by atoms with Crippen LogP contribution in [0.1, 0.15) is 18.4 Å². The van der Waals surface area contributed by atoms with Crippen LogP contribution in [0.15, 0.2) is 29.0 Å². The van der Waals surface area contributed by atoms with Crippen LogP contribution in [0.3, 0.4) is 0 Å². The maximum atomic E-state index is 5.30. The standard InChI is InChI=1S/C16H20N4O/c1-11-2-3-12(16-19-17-10-21-16)8-15(11)18-14-5-7-20-6-4-13(14)9-20/h2-3,8,10,13-14,18H,4-7,9H2,1H3. The van der Waals surface area contributed by atoms with E-state index in [9.17, 15) is 0 Å². The molecular formula is C16H20N4O. The molecule has 1 aromatic carbocycles. The number of nitrogens with one attached hydrogen (secondary N) is 1. The molecule has 5 nitrogen and oxygen atoms in total. The first kappa shape index (κ1) is 12.8. The van der Waals surface area contributed by atoms with Crippen molar-refractivity contribution in [2.45, 2.75) is 25.8 Å². The van der Waals surface area contributed by atoms with Crippen LogP contribution in [0.25, 0.3) is 11.5 Å².